The maximum Gasteiger partial charge on any atom is 0.305 e. The summed E-state index contributed by atoms with van der Waals surface area (Å²) in [5, 5.41) is 21.2. The molecule has 4 aliphatic rings. The second-order valence-corrected chi connectivity index (χ2v) is 10.7. The van der Waals surface area contributed by atoms with Gasteiger partial charge in [0.2, 0.25) is 0 Å². The number of fused-ring (bicyclic) bond motifs is 5. The number of hydrogen-bond acceptors (Lipinski definition) is 4. The molecule has 3 saturated carbocycles. The minimum absolute atomic E-state index is 0.0881. The monoisotopic (exact) mass is 390 g/mol. The van der Waals surface area contributed by atoms with Crippen LogP contribution in [0.2, 0.25) is 0 Å². The number of methoxy groups -OCH3 is 1. The largest absolute Gasteiger partial charge is 0.469 e. The summed E-state index contributed by atoms with van der Waals surface area (Å²) in [5.41, 5.74) is 1.42. The highest BCUT2D eigenvalue weighted by Crippen LogP contribution is 2.67. The van der Waals surface area contributed by atoms with Crippen LogP contribution in [-0.4, -0.2) is 35.5 Å². The van der Waals surface area contributed by atoms with Gasteiger partial charge in [0.1, 0.15) is 0 Å². The molecule has 28 heavy (non-hydrogen) atoms. The zero-order chi connectivity index (χ0) is 20.3. The molecule has 0 radical (unpaired) electrons. The molecule has 4 aliphatic carbocycles. The van der Waals surface area contributed by atoms with Crippen LogP contribution in [0.5, 0.6) is 0 Å². The molecule has 158 valence electrons. The molecule has 0 aromatic rings. The van der Waals surface area contributed by atoms with Crippen molar-refractivity contribution >= 4 is 5.97 Å². The van der Waals surface area contributed by atoms with Crippen molar-refractivity contribution in [1.29, 1.82) is 0 Å². The SMILES string of the molecule is COC(=O)C[C@H](C)[C@H]1CC[C@H]2[C@@H]3CC=C4C[C@@H](O)C[C@H](O)[C@]4(C)[C@H]3CC[C@]12C. The molecular formula is C24H38O4. The first-order chi connectivity index (χ1) is 13.2. The highest BCUT2D eigenvalue weighted by molar-refractivity contribution is 5.69. The van der Waals surface area contributed by atoms with E-state index in [2.05, 4.69) is 26.8 Å². The van der Waals surface area contributed by atoms with Crippen LogP contribution in [-0.2, 0) is 9.53 Å². The van der Waals surface area contributed by atoms with Crippen LogP contribution < -0.4 is 0 Å². The lowest BCUT2D eigenvalue weighted by atomic mass is 9.46. The first-order valence-electron chi connectivity index (χ1n) is 11.3. The van der Waals surface area contributed by atoms with E-state index in [4.69, 9.17) is 4.74 Å². The highest BCUT2D eigenvalue weighted by Gasteiger charge is 2.60. The molecule has 4 rings (SSSR count). The average molecular weight is 391 g/mol. The Morgan fingerprint density at radius 3 is 2.71 bits per heavy atom. The van der Waals surface area contributed by atoms with E-state index in [1.165, 1.54) is 31.9 Å². The molecule has 4 nitrogen and oxygen atoms in total. The van der Waals surface area contributed by atoms with E-state index in [1.54, 1.807) is 0 Å². The quantitative estimate of drug-likeness (QED) is 0.562. The maximum atomic E-state index is 11.9. The first-order valence-corrected chi connectivity index (χ1v) is 11.3. The van der Waals surface area contributed by atoms with Gasteiger partial charge in [-0.15, -0.1) is 0 Å². The zero-order valence-corrected chi connectivity index (χ0v) is 18.0. The van der Waals surface area contributed by atoms with E-state index in [0.29, 0.717) is 42.4 Å². The van der Waals surface area contributed by atoms with Gasteiger partial charge in [-0.1, -0.05) is 32.4 Å². The van der Waals surface area contributed by atoms with Crippen molar-refractivity contribution in [3.05, 3.63) is 11.6 Å². The molecule has 4 heteroatoms. The van der Waals surface area contributed by atoms with Crippen molar-refractivity contribution in [2.45, 2.75) is 84.3 Å². The van der Waals surface area contributed by atoms with E-state index >= 15 is 0 Å². The van der Waals surface area contributed by atoms with Crippen LogP contribution in [0.25, 0.3) is 0 Å². The Balaban J connectivity index is 1.59. The Morgan fingerprint density at radius 2 is 2.00 bits per heavy atom. The molecule has 0 saturated heterocycles. The average Bonchev–Trinajstić information content (AvgIpc) is 3.00. The van der Waals surface area contributed by atoms with Gasteiger partial charge >= 0.3 is 5.97 Å². The lowest BCUT2D eigenvalue weighted by Crippen LogP contribution is -2.55. The van der Waals surface area contributed by atoms with Gasteiger partial charge in [-0.2, -0.15) is 0 Å². The van der Waals surface area contributed by atoms with Crippen molar-refractivity contribution in [2.75, 3.05) is 7.11 Å². The minimum Gasteiger partial charge on any atom is -0.469 e. The molecule has 0 spiro atoms. The van der Waals surface area contributed by atoms with Gasteiger partial charge in [-0.05, 0) is 73.5 Å². The van der Waals surface area contributed by atoms with Gasteiger partial charge < -0.3 is 14.9 Å². The maximum absolute atomic E-state index is 11.9. The van der Waals surface area contributed by atoms with Crippen molar-refractivity contribution < 1.29 is 19.7 Å². The van der Waals surface area contributed by atoms with Gasteiger partial charge in [0.15, 0.2) is 0 Å². The molecule has 0 heterocycles. The predicted octanol–water partition coefficient (Wildman–Crippen LogP) is 4.10. The summed E-state index contributed by atoms with van der Waals surface area (Å²) in [7, 11) is 1.48. The predicted molar refractivity (Wildman–Crippen MR) is 108 cm³/mol. The smallest absolute Gasteiger partial charge is 0.305 e. The van der Waals surface area contributed by atoms with Crippen LogP contribution >= 0.6 is 0 Å². The third kappa shape index (κ3) is 2.89. The van der Waals surface area contributed by atoms with Crippen LogP contribution in [0.15, 0.2) is 11.6 Å². The van der Waals surface area contributed by atoms with E-state index in [-0.39, 0.29) is 16.8 Å². The normalized spacial score (nSPS) is 48.7. The Labute approximate surface area is 169 Å². The molecule has 0 aromatic heterocycles. The number of allylic oxidation sites excluding steroid dienone is 1. The van der Waals surface area contributed by atoms with Crippen LogP contribution in [0.1, 0.15) is 72.1 Å². The number of carbonyl (C=O) groups excluding carboxylic acids is 1. The second-order valence-electron chi connectivity index (χ2n) is 10.7. The van der Waals surface area contributed by atoms with Crippen molar-refractivity contribution in [1.82, 2.24) is 0 Å². The van der Waals surface area contributed by atoms with E-state index < -0.39 is 12.2 Å². The third-order valence-electron chi connectivity index (χ3n) is 9.66. The van der Waals surface area contributed by atoms with Crippen molar-refractivity contribution in [2.24, 2.45) is 40.4 Å². The van der Waals surface area contributed by atoms with Crippen LogP contribution in [0.3, 0.4) is 0 Å². The Hall–Kier alpha value is -0.870. The fraction of sp³-hybridized carbons (Fsp3) is 0.875. The summed E-state index contributed by atoms with van der Waals surface area (Å²) in [5.74, 6) is 2.66. The number of aliphatic hydroxyl groups excluding tert-OH is 2. The molecule has 3 fully saturated rings. The van der Waals surface area contributed by atoms with Gasteiger partial charge in [0, 0.05) is 18.3 Å². The number of carbonyl (C=O) groups is 1. The highest BCUT2D eigenvalue weighted by atomic mass is 16.5. The third-order valence-corrected chi connectivity index (χ3v) is 9.66. The van der Waals surface area contributed by atoms with E-state index in [0.717, 1.165) is 19.3 Å². The second kappa shape index (κ2) is 7.12. The summed E-state index contributed by atoms with van der Waals surface area (Å²) in [6.07, 6.45) is 9.18. The number of aliphatic hydroxyl groups is 2. The van der Waals surface area contributed by atoms with Gasteiger partial charge in [0.25, 0.3) is 0 Å². The fourth-order valence-corrected chi connectivity index (χ4v) is 8.16. The summed E-state index contributed by atoms with van der Waals surface area (Å²) in [6, 6.07) is 0. The Kier molecular flexibility index (Phi) is 5.19. The standard InChI is InChI=1S/C24H38O4/c1-14(11-22(27)28-4)18-7-8-19-17-6-5-15-12-16(25)13-21(26)24(15,3)20(17)9-10-23(18,19)2/h5,14,16-21,25-26H,6-13H2,1-4H3/t14-,16+,17-,18+,19-,20-,21-,23+,24-/m0/s1. The molecule has 0 aliphatic heterocycles. The molecular weight excluding hydrogens is 352 g/mol. The number of hydrogen-bond donors (Lipinski definition) is 2. The molecule has 0 unspecified atom stereocenters. The topological polar surface area (TPSA) is 66.8 Å². The molecule has 0 amide bonds. The first kappa shape index (κ1) is 20.4. The van der Waals surface area contributed by atoms with E-state index in [9.17, 15) is 15.0 Å². The summed E-state index contributed by atoms with van der Waals surface area (Å²) in [4.78, 5) is 11.9. The lowest BCUT2D eigenvalue weighted by molar-refractivity contribution is -0.143. The van der Waals surface area contributed by atoms with Crippen molar-refractivity contribution in [3.63, 3.8) is 0 Å². The fourth-order valence-electron chi connectivity index (χ4n) is 8.16. The van der Waals surface area contributed by atoms with Gasteiger partial charge in [-0.25, -0.2) is 0 Å². The minimum atomic E-state index is -0.435. The number of rotatable bonds is 3. The Morgan fingerprint density at radius 1 is 1.25 bits per heavy atom. The molecule has 9 atom stereocenters. The van der Waals surface area contributed by atoms with Crippen LogP contribution in [0, 0.1) is 40.4 Å². The molecule has 2 N–H and O–H groups in total. The van der Waals surface area contributed by atoms with Gasteiger partial charge in [0.05, 0.1) is 19.3 Å². The zero-order valence-electron chi connectivity index (χ0n) is 18.0. The lowest BCUT2D eigenvalue weighted by Gasteiger charge is -2.59. The van der Waals surface area contributed by atoms with E-state index in [1.807, 2.05) is 0 Å². The molecule has 0 bridgehead atoms. The van der Waals surface area contributed by atoms with Crippen LogP contribution in [0.4, 0.5) is 0 Å². The Bertz CT molecular complexity index is 657. The summed E-state index contributed by atoms with van der Waals surface area (Å²) < 4.78 is 4.93. The van der Waals surface area contributed by atoms with Crippen molar-refractivity contribution in [3.8, 4) is 0 Å². The number of esters is 1. The summed E-state index contributed by atoms with van der Waals surface area (Å²) in [6.45, 7) is 6.97. The molecule has 0 aromatic carbocycles. The summed E-state index contributed by atoms with van der Waals surface area (Å²) >= 11 is 0. The number of ether oxygens (including phenoxy) is 1. The van der Waals surface area contributed by atoms with Gasteiger partial charge in [-0.3, -0.25) is 4.79 Å².